The van der Waals surface area contributed by atoms with Gasteiger partial charge in [0.15, 0.2) is 0 Å². The fourth-order valence-corrected chi connectivity index (χ4v) is 1.99. The van der Waals surface area contributed by atoms with Gasteiger partial charge in [-0.3, -0.25) is 14.9 Å². The van der Waals surface area contributed by atoms with E-state index < -0.39 is 10.9 Å². The van der Waals surface area contributed by atoms with E-state index in [1.807, 2.05) is 47.6 Å². The smallest absolute Gasteiger partial charge is 0.312 e. The van der Waals surface area contributed by atoms with Crippen LogP contribution in [0.2, 0.25) is 0 Å². The number of carbonyl (C=O) groups is 1. The summed E-state index contributed by atoms with van der Waals surface area (Å²) >= 11 is 0. The third-order valence-electron chi connectivity index (χ3n) is 3.19. The van der Waals surface area contributed by atoms with Crippen LogP contribution in [0.25, 0.3) is 0 Å². The van der Waals surface area contributed by atoms with Crippen molar-refractivity contribution in [3.8, 4) is 5.75 Å². The van der Waals surface area contributed by atoms with Crippen molar-refractivity contribution in [1.82, 2.24) is 0 Å². The second kappa shape index (κ2) is 5.47. The lowest BCUT2D eigenvalue weighted by atomic mass is 9.79. The summed E-state index contributed by atoms with van der Waals surface area (Å²) in [4.78, 5) is 22.2. The van der Waals surface area contributed by atoms with Crippen molar-refractivity contribution < 1.29 is 14.5 Å². The summed E-state index contributed by atoms with van der Waals surface area (Å²) in [5.41, 5.74) is 0.727. The van der Waals surface area contributed by atoms with E-state index in [1.165, 1.54) is 13.0 Å². The highest BCUT2D eigenvalue weighted by Gasteiger charge is 2.31. The van der Waals surface area contributed by atoms with Gasteiger partial charge in [-0.25, -0.2) is 0 Å². The fraction of sp³-hybridized carbons (Fsp3) is 0.562. The Labute approximate surface area is 125 Å². The van der Waals surface area contributed by atoms with Crippen molar-refractivity contribution in [3.05, 3.63) is 33.4 Å². The van der Waals surface area contributed by atoms with Gasteiger partial charge < -0.3 is 4.74 Å². The topological polar surface area (TPSA) is 69.4 Å². The number of esters is 1. The largest absolute Gasteiger partial charge is 0.419 e. The van der Waals surface area contributed by atoms with Gasteiger partial charge >= 0.3 is 11.7 Å². The molecule has 0 heterocycles. The van der Waals surface area contributed by atoms with Crippen LogP contribution in [0.5, 0.6) is 5.75 Å². The van der Waals surface area contributed by atoms with Crippen molar-refractivity contribution >= 4 is 11.7 Å². The number of ether oxygens (including phenoxy) is 1. The van der Waals surface area contributed by atoms with Crippen molar-refractivity contribution in [2.24, 2.45) is 0 Å². The number of rotatable bonds is 2. The summed E-state index contributed by atoms with van der Waals surface area (Å²) in [6, 6.07) is 3.39. The Morgan fingerprint density at radius 1 is 1.10 bits per heavy atom. The van der Waals surface area contributed by atoms with Crippen molar-refractivity contribution in [2.75, 3.05) is 0 Å². The first-order valence-corrected chi connectivity index (χ1v) is 6.86. The van der Waals surface area contributed by atoms with E-state index in [0.29, 0.717) is 5.56 Å². The molecule has 0 radical (unpaired) electrons. The van der Waals surface area contributed by atoms with Crippen LogP contribution in [0, 0.1) is 10.1 Å². The second-order valence-corrected chi connectivity index (χ2v) is 7.22. The van der Waals surface area contributed by atoms with Crippen molar-refractivity contribution in [3.63, 3.8) is 0 Å². The van der Waals surface area contributed by atoms with E-state index in [0.717, 1.165) is 5.56 Å². The minimum absolute atomic E-state index is 0.0491. The summed E-state index contributed by atoms with van der Waals surface area (Å²) in [5.74, 6) is -0.514. The summed E-state index contributed by atoms with van der Waals surface area (Å²) in [6.07, 6.45) is 0. The van der Waals surface area contributed by atoms with Crippen LogP contribution >= 0.6 is 0 Å². The van der Waals surface area contributed by atoms with Gasteiger partial charge in [-0.05, 0) is 16.4 Å². The molecule has 1 aromatic rings. The minimum atomic E-state index is -0.563. The number of nitrogens with zero attached hydrogens (tertiary/aromatic N) is 1. The van der Waals surface area contributed by atoms with Gasteiger partial charge in [-0.15, -0.1) is 0 Å². The molecule has 116 valence electrons. The molecular formula is C16H23NO4. The van der Waals surface area contributed by atoms with Crippen LogP contribution in [0.4, 0.5) is 5.69 Å². The molecule has 1 aromatic carbocycles. The Bertz CT molecular complexity index is 577. The first kappa shape index (κ1) is 17.1. The maximum atomic E-state index is 11.4. The quantitative estimate of drug-likeness (QED) is 0.356. The normalized spacial score (nSPS) is 12.1. The Morgan fingerprint density at radius 2 is 1.62 bits per heavy atom. The SMILES string of the molecule is CC(=O)Oc1c([N+](=O)[O-])cc(C(C)(C)C)cc1C(C)(C)C. The van der Waals surface area contributed by atoms with E-state index in [-0.39, 0.29) is 22.3 Å². The zero-order chi connectivity index (χ0) is 16.6. The summed E-state index contributed by atoms with van der Waals surface area (Å²) in [6.45, 7) is 13.0. The molecule has 21 heavy (non-hydrogen) atoms. The molecule has 0 aliphatic carbocycles. The van der Waals surface area contributed by atoms with E-state index in [1.54, 1.807) is 0 Å². The van der Waals surface area contributed by atoms with E-state index in [2.05, 4.69) is 0 Å². The first-order valence-electron chi connectivity index (χ1n) is 6.86. The number of hydrogen-bond donors (Lipinski definition) is 0. The van der Waals surface area contributed by atoms with Gasteiger partial charge in [0.25, 0.3) is 0 Å². The summed E-state index contributed by atoms with van der Waals surface area (Å²) < 4.78 is 5.15. The third kappa shape index (κ3) is 4.03. The van der Waals surface area contributed by atoms with Crippen LogP contribution < -0.4 is 4.74 Å². The molecule has 0 aliphatic heterocycles. The Hall–Kier alpha value is -1.91. The van der Waals surface area contributed by atoms with Gasteiger partial charge in [0.1, 0.15) is 0 Å². The van der Waals surface area contributed by atoms with Crippen molar-refractivity contribution in [1.29, 1.82) is 0 Å². The average molecular weight is 293 g/mol. The Kier molecular flexibility index (Phi) is 4.46. The van der Waals surface area contributed by atoms with Gasteiger partial charge in [0, 0.05) is 18.6 Å². The standard InChI is InChI=1S/C16H23NO4/c1-10(18)21-14-12(16(5,6)7)8-11(15(2,3)4)9-13(14)17(19)20/h8-9H,1-7H3. The van der Waals surface area contributed by atoms with Crippen LogP contribution in [0.15, 0.2) is 12.1 Å². The fourth-order valence-electron chi connectivity index (χ4n) is 1.99. The zero-order valence-electron chi connectivity index (χ0n) is 13.7. The summed E-state index contributed by atoms with van der Waals surface area (Å²) in [7, 11) is 0. The number of nitro benzene ring substituents is 1. The van der Waals surface area contributed by atoms with E-state index in [4.69, 9.17) is 4.74 Å². The lowest BCUT2D eigenvalue weighted by Gasteiger charge is -2.26. The van der Waals surface area contributed by atoms with E-state index >= 15 is 0 Å². The molecule has 0 spiro atoms. The molecule has 0 N–H and O–H groups in total. The van der Waals surface area contributed by atoms with Crippen molar-refractivity contribution in [2.45, 2.75) is 59.3 Å². The molecule has 0 aliphatic rings. The third-order valence-corrected chi connectivity index (χ3v) is 3.19. The van der Waals surface area contributed by atoms with Crippen LogP contribution in [-0.2, 0) is 15.6 Å². The Balaban J connectivity index is 3.74. The van der Waals surface area contributed by atoms with Crippen LogP contribution in [-0.4, -0.2) is 10.9 Å². The Morgan fingerprint density at radius 3 is 1.95 bits per heavy atom. The molecule has 5 nitrogen and oxygen atoms in total. The van der Waals surface area contributed by atoms with E-state index in [9.17, 15) is 14.9 Å². The monoisotopic (exact) mass is 293 g/mol. The molecule has 0 atom stereocenters. The number of carbonyl (C=O) groups excluding carboxylic acids is 1. The molecule has 0 aromatic heterocycles. The molecule has 0 saturated heterocycles. The lowest BCUT2D eigenvalue weighted by molar-refractivity contribution is -0.385. The predicted octanol–water partition coefficient (Wildman–Crippen LogP) is 4.12. The molecule has 1 rings (SSSR count). The molecule has 5 heteroatoms. The maximum absolute atomic E-state index is 11.4. The molecule has 0 amide bonds. The van der Waals surface area contributed by atoms with Gasteiger partial charge in [-0.1, -0.05) is 47.6 Å². The van der Waals surface area contributed by atoms with Gasteiger partial charge in [-0.2, -0.15) is 0 Å². The highest BCUT2D eigenvalue weighted by molar-refractivity contribution is 5.73. The average Bonchev–Trinajstić information content (AvgIpc) is 2.24. The minimum Gasteiger partial charge on any atom is -0.419 e. The van der Waals surface area contributed by atoms with Crippen LogP contribution in [0.3, 0.4) is 0 Å². The highest BCUT2D eigenvalue weighted by Crippen LogP contribution is 2.42. The zero-order valence-corrected chi connectivity index (χ0v) is 13.7. The molecule has 0 fully saturated rings. The van der Waals surface area contributed by atoms with Crippen LogP contribution in [0.1, 0.15) is 59.6 Å². The number of benzene rings is 1. The summed E-state index contributed by atoms with van der Waals surface area (Å²) in [5, 5.41) is 11.4. The number of nitro groups is 1. The highest BCUT2D eigenvalue weighted by atomic mass is 16.6. The lowest BCUT2D eigenvalue weighted by Crippen LogP contribution is -2.19. The molecule has 0 saturated carbocycles. The number of hydrogen-bond acceptors (Lipinski definition) is 4. The first-order chi connectivity index (χ1) is 9.34. The van der Waals surface area contributed by atoms with Gasteiger partial charge in [0.05, 0.1) is 4.92 Å². The van der Waals surface area contributed by atoms with Gasteiger partial charge in [0.2, 0.25) is 5.75 Å². The molecule has 0 unspecified atom stereocenters. The second-order valence-electron chi connectivity index (χ2n) is 7.22. The molecule has 0 bridgehead atoms. The molecular weight excluding hydrogens is 270 g/mol. The maximum Gasteiger partial charge on any atom is 0.312 e. The predicted molar refractivity (Wildman–Crippen MR) is 81.8 cm³/mol.